The smallest absolute Gasteiger partial charge is 0.341 e. The number of aromatic nitrogens is 4. The van der Waals surface area contributed by atoms with Gasteiger partial charge in [-0.2, -0.15) is 0 Å². The van der Waals surface area contributed by atoms with Gasteiger partial charge in [-0.15, -0.1) is 0 Å². The number of aryl methyl sites for hydroxylation is 1. The van der Waals surface area contributed by atoms with Gasteiger partial charge >= 0.3 is 5.69 Å². The molecule has 0 amide bonds. The standard InChI is InChI=1S/C21H14N4O4/c1-23-18-16(17-15(19(23)26)12-29-22-17)20(27)25(14-10-6-3-7-11-14)21(28)24(18)13-8-4-2-5-9-13/h2-12H,1H3. The van der Waals surface area contributed by atoms with Crippen molar-refractivity contribution >= 4 is 21.9 Å². The van der Waals surface area contributed by atoms with Crippen molar-refractivity contribution in [2.45, 2.75) is 0 Å². The summed E-state index contributed by atoms with van der Waals surface area (Å²) in [7, 11) is 1.52. The summed E-state index contributed by atoms with van der Waals surface area (Å²) in [4.78, 5) is 39.8. The number of pyridine rings is 1. The van der Waals surface area contributed by atoms with E-state index < -0.39 is 16.8 Å². The summed E-state index contributed by atoms with van der Waals surface area (Å²) in [5.74, 6) is 0. The van der Waals surface area contributed by atoms with Crippen LogP contribution in [0, 0.1) is 0 Å². The van der Waals surface area contributed by atoms with Crippen LogP contribution >= 0.6 is 0 Å². The zero-order chi connectivity index (χ0) is 20.1. The van der Waals surface area contributed by atoms with E-state index in [2.05, 4.69) is 5.16 Å². The minimum Gasteiger partial charge on any atom is -0.363 e. The number of hydrogen-bond acceptors (Lipinski definition) is 5. The zero-order valence-corrected chi connectivity index (χ0v) is 15.3. The highest BCUT2D eigenvalue weighted by molar-refractivity contribution is 6.01. The minimum absolute atomic E-state index is 0.127. The first kappa shape index (κ1) is 16.9. The van der Waals surface area contributed by atoms with E-state index in [-0.39, 0.29) is 21.9 Å². The zero-order valence-electron chi connectivity index (χ0n) is 15.3. The lowest BCUT2D eigenvalue weighted by Crippen LogP contribution is -2.40. The second-order valence-electron chi connectivity index (χ2n) is 6.57. The van der Waals surface area contributed by atoms with Crippen molar-refractivity contribution in [3.8, 4) is 11.4 Å². The molecule has 0 aliphatic rings. The van der Waals surface area contributed by atoms with Crippen molar-refractivity contribution < 1.29 is 4.52 Å². The molecule has 0 atom stereocenters. The Bertz CT molecular complexity index is 1560. The molecular weight excluding hydrogens is 372 g/mol. The first-order valence-corrected chi connectivity index (χ1v) is 8.85. The molecule has 3 heterocycles. The molecule has 5 aromatic rings. The van der Waals surface area contributed by atoms with Gasteiger partial charge in [-0.3, -0.25) is 14.2 Å². The normalized spacial score (nSPS) is 11.3. The van der Waals surface area contributed by atoms with Crippen molar-refractivity contribution in [1.82, 2.24) is 18.9 Å². The third-order valence-corrected chi connectivity index (χ3v) is 4.92. The lowest BCUT2D eigenvalue weighted by atomic mass is 10.2. The second kappa shape index (κ2) is 6.16. The topological polar surface area (TPSA) is 92.0 Å². The summed E-state index contributed by atoms with van der Waals surface area (Å²) in [6, 6.07) is 17.5. The van der Waals surface area contributed by atoms with Crippen LogP contribution in [0.5, 0.6) is 0 Å². The maximum absolute atomic E-state index is 13.5. The Kier molecular flexibility index (Phi) is 3.60. The van der Waals surface area contributed by atoms with E-state index in [1.54, 1.807) is 54.6 Å². The predicted molar refractivity (Wildman–Crippen MR) is 108 cm³/mol. The average molecular weight is 386 g/mol. The van der Waals surface area contributed by atoms with Crippen LogP contribution in [0.3, 0.4) is 0 Å². The lowest BCUT2D eigenvalue weighted by molar-refractivity contribution is 0.428. The van der Waals surface area contributed by atoms with Gasteiger partial charge in [0.25, 0.3) is 11.1 Å². The number of rotatable bonds is 2. The third kappa shape index (κ3) is 2.32. The van der Waals surface area contributed by atoms with E-state index in [0.717, 1.165) is 4.57 Å². The highest BCUT2D eigenvalue weighted by Gasteiger charge is 2.23. The number of benzene rings is 2. The van der Waals surface area contributed by atoms with Gasteiger partial charge in [0.2, 0.25) is 0 Å². The van der Waals surface area contributed by atoms with Gasteiger partial charge in [0, 0.05) is 7.05 Å². The van der Waals surface area contributed by atoms with Crippen molar-refractivity contribution in [2.75, 3.05) is 0 Å². The molecule has 0 unspecified atom stereocenters. The van der Waals surface area contributed by atoms with Crippen LogP contribution in [-0.2, 0) is 7.05 Å². The summed E-state index contributed by atoms with van der Waals surface area (Å²) < 4.78 is 8.69. The van der Waals surface area contributed by atoms with Gasteiger partial charge in [0.1, 0.15) is 28.2 Å². The molecule has 0 bridgehead atoms. The second-order valence-corrected chi connectivity index (χ2v) is 6.57. The fourth-order valence-electron chi connectivity index (χ4n) is 3.58. The van der Waals surface area contributed by atoms with Gasteiger partial charge in [0.15, 0.2) is 0 Å². The Morgan fingerprint density at radius 1 is 0.793 bits per heavy atom. The van der Waals surface area contributed by atoms with Gasteiger partial charge in [-0.05, 0) is 24.3 Å². The van der Waals surface area contributed by atoms with Crippen LogP contribution in [0.4, 0.5) is 0 Å². The largest absolute Gasteiger partial charge is 0.363 e. The molecule has 3 aromatic heterocycles. The summed E-state index contributed by atoms with van der Waals surface area (Å²) in [5.41, 5.74) is -0.345. The molecule has 0 saturated carbocycles. The lowest BCUT2D eigenvalue weighted by Gasteiger charge is -2.16. The van der Waals surface area contributed by atoms with Gasteiger partial charge < -0.3 is 4.52 Å². The van der Waals surface area contributed by atoms with E-state index in [9.17, 15) is 14.4 Å². The molecule has 2 aromatic carbocycles. The molecule has 8 heteroatoms. The van der Waals surface area contributed by atoms with E-state index >= 15 is 0 Å². The molecule has 8 nitrogen and oxygen atoms in total. The highest BCUT2D eigenvalue weighted by Crippen LogP contribution is 2.20. The van der Waals surface area contributed by atoms with Crippen molar-refractivity contribution in [2.24, 2.45) is 7.05 Å². The summed E-state index contributed by atoms with van der Waals surface area (Å²) in [6.07, 6.45) is 1.21. The van der Waals surface area contributed by atoms with E-state index in [1.165, 1.54) is 22.4 Å². The van der Waals surface area contributed by atoms with Crippen molar-refractivity contribution in [1.29, 1.82) is 0 Å². The highest BCUT2D eigenvalue weighted by atomic mass is 16.5. The molecule has 0 spiro atoms. The third-order valence-electron chi connectivity index (χ3n) is 4.92. The number of para-hydroxylation sites is 2. The fraction of sp³-hybridized carbons (Fsp3) is 0.0476. The van der Waals surface area contributed by atoms with E-state index in [4.69, 9.17) is 4.52 Å². The molecule has 29 heavy (non-hydrogen) atoms. The molecular formula is C21H14N4O4. The van der Waals surface area contributed by atoms with E-state index in [0.29, 0.717) is 11.4 Å². The van der Waals surface area contributed by atoms with Crippen molar-refractivity contribution in [3.63, 3.8) is 0 Å². The first-order valence-electron chi connectivity index (χ1n) is 8.85. The fourth-order valence-corrected chi connectivity index (χ4v) is 3.58. The molecule has 0 aliphatic carbocycles. The Labute approximate surface area is 162 Å². The van der Waals surface area contributed by atoms with Crippen LogP contribution in [0.2, 0.25) is 0 Å². The SMILES string of the molecule is Cn1c(=O)c2conc2c2c(=O)n(-c3ccccc3)c(=O)n(-c3ccccc3)c21. The molecule has 5 rings (SSSR count). The van der Waals surface area contributed by atoms with Crippen LogP contribution in [0.25, 0.3) is 33.3 Å². The Balaban J connectivity index is 2.14. The monoisotopic (exact) mass is 386 g/mol. The minimum atomic E-state index is -0.585. The Morgan fingerprint density at radius 3 is 2.00 bits per heavy atom. The van der Waals surface area contributed by atoms with Crippen LogP contribution in [0.15, 0.2) is 85.8 Å². The number of fused-ring (bicyclic) bond motifs is 3. The number of hydrogen-bond donors (Lipinski definition) is 0. The first-order chi connectivity index (χ1) is 14.1. The molecule has 0 radical (unpaired) electrons. The van der Waals surface area contributed by atoms with Crippen LogP contribution in [-0.4, -0.2) is 18.9 Å². The van der Waals surface area contributed by atoms with Gasteiger partial charge in [-0.1, -0.05) is 41.6 Å². The summed E-state index contributed by atoms with van der Waals surface area (Å²) in [5, 5.41) is 4.20. The average Bonchev–Trinajstić information content (AvgIpc) is 3.23. The Morgan fingerprint density at radius 2 is 1.38 bits per heavy atom. The molecule has 0 N–H and O–H groups in total. The summed E-state index contributed by atoms with van der Waals surface area (Å²) >= 11 is 0. The number of nitrogens with zero attached hydrogens (tertiary/aromatic N) is 4. The molecule has 0 fully saturated rings. The van der Waals surface area contributed by atoms with Gasteiger partial charge in [-0.25, -0.2) is 13.9 Å². The van der Waals surface area contributed by atoms with Gasteiger partial charge in [0.05, 0.1) is 11.4 Å². The molecule has 0 saturated heterocycles. The van der Waals surface area contributed by atoms with Crippen molar-refractivity contribution in [3.05, 3.63) is 98.1 Å². The van der Waals surface area contributed by atoms with Crippen LogP contribution in [0.1, 0.15) is 0 Å². The molecule has 142 valence electrons. The maximum Gasteiger partial charge on any atom is 0.341 e. The maximum atomic E-state index is 13.5. The van der Waals surface area contributed by atoms with E-state index in [1.807, 2.05) is 6.07 Å². The summed E-state index contributed by atoms with van der Waals surface area (Å²) in [6.45, 7) is 0. The van der Waals surface area contributed by atoms with Crippen LogP contribution < -0.4 is 16.8 Å². The predicted octanol–water partition coefficient (Wildman–Crippen LogP) is 1.98. The quantitative estimate of drug-likeness (QED) is 0.463. The Hall–Kier alpha value is -4.20. The molecule has 0 aliphatic heterocycles.